The average molecular weight is 929 g/mol. The second-order valence-corrected chi connectivity index (χ2v) is 38.1. The van der Waals surface area contributed by atoms with E-state index in [0.29, 0.717) is 23.7 Å². The van der Waals surface area contributed by atoms with E-state index < -0.39 is 9.42 Å². The molecule has 0 aromatic heterocycles. The van der Waals surface area contributed by atoms with Crippen LogP contribution < -0.4 is 4.74 Å². The Morgan fingerprint density at radius 2 is 0.618 bits per heavy atom. The Morgan fingerprint density at radius 3 is 0.855 bits per heavy atom. The maximum absolute atomic E-state index is 6.42. The molecule has 6 rings (SSSR count). The summed E-state index contributed by atoms with van der Waals surface area (Å²) in [5, 5.41) is 0. The van der Waals surface area contributed by atoms with Crippen molar-refractivity contribution in [1.82, 2.24) is 0 Å². The monoisotopic (exact) mass is 930 g/mol. The Balaban J connectivity index is 1.13. The summed E-state index contributed by atoms with van der Waals surface area (Å²) in [6, 6.07) is 61.4. The van der Waals surface area contributed by atoms with Crippen LogP contribution in [0.1, 0.15) is 73.6 Å². The fourth-order valence-electron chi connectivity index (χ4n) is 7.17. The molecule has 0 aliphatic rings. The number of hydrogen-bond donors (Lipinski definition) is 0. The number of ether oxygens (including phenoxy) is 1. The third kappa shape index (κ3) is 12.9. The minimum absolute atomic E-state index is 0.479. The van der Waals surface area contributed by atoms with Crippen LogP contribution in [0.5, 0.6) is 11.5 Å². The van der Waals surface area contributed by atoms with Crippen LogP contribution in [0.3, 0.4) is 0 Å². The molecule has 0 bridgehead atoms. The molecule has 4 atom stereocenters. The summed E-state index contributed by atoms with van der Waals surface area (Å²) < 4.78 is 3.33. The summed E-state index contributed by atoms with van der Waals surface area (Å²) in [6.07, 6.45) is 4.60. The second kappa shape index (κ2) is 20.4. The van der Waals surface area contributed by atoms with Crippen molar-refractivity contribution in [2.75, 3.05) is 24.6 Å². The molecule has 55 heavy (non-hydrogen) atoms. The van der Waals surface area contributed by atoms with E-state index in [1.807, 2.05) is 0 Å². The van der Waals surface area contributed by atoms with Gasteiger partial charge in [0.25, 0.3) is 0 Å². The van der Waals surface area contributed by atoms with Crippen LogP contribution in [-0.2, 0) is 0 Å². The molecule has 0 spiro atoms. The first kappa shape index (κ1) is 42.3. The molecular formula is C48H52OP2S2Se2. The standard InChI is InChI=1S/C48H52OP2S2Se2/c1-37(41-17-9-5-10-18-41)33-50(54,34-38(2)42-19-11-6-12-20-42)52-47-29-25-45(26-30-47)49-46-27-31-48(32-28-46)53-51(55,35-39(3)43-21-13-7-14-22-43)36-40(4)44-23-15-8-16-24-44/h5-32,37-40H,33-36H2,1-4H3. The van der Waals surface area contributed by atoms with Crippen molar-refractivity contribution in [3.05, 3.63) is 192 Å². The van der Waals surface area contributed by atoms with Crippen molar-refractivity contribution in [2.45, 2.75) is 61.2 Å². The third-order valence-corrected chi connectivity index (χ3v) is 27.8. The average Bonchev–Trinajstić information content (AvgIpc) is 3.20. The van der Waals surface area contributed by atoms with Crippen molar-refractivity contribution in [3.63, 3.8) is 0 Å². The molecule has 0 aliphatic heterocycles. The molecule has 0 saturated carbocycles. The summed E-state index contributed by atoms with van der Waals surface area (Å²) in [5.74, 6) is 3.64. The van der Waals surface area contributed by atoms with Crippen LogP contribution in [0, 0.1) is 0 Å². The zero-order valence-electron chi connectivity index (χ0n) is 32.2. The SMILES string of the molecule is CC(CP(=[Se])(CC(C)c1ccccc1)Sc1ccc(Oc2ccc(SP(=[Se])(CC(C)c3ccccc3)CC(C)c3ccccc3)cc2)cc1)c1ccccc1. The molecule has 0 heterocycles. The van der Waals surface area contributed by atoms with Gasteiger partial charge in [0.05, 0.1) is 0 Å². The molecule has 4 unspecified atom stereocenters. The predicted octanol–water partition coefficient (Wildman–Crippen LogP) is 14.9. The fraction of sp³-hybridized carbons (Fsp3) is 0.250. The van der Waals surface area contributed by atoms with Crippen LogP contribution in [0.25, 0.3) is 0 Å². The molecule has 0 radical (unpaired) electrons. The Labute approximate surface area is 353 Å². The van der Waals surface area contributed by atoms with Gasteiger partial charge in [-0.25, -0.2) is 0 Å². The molecule has 6 aromatic rings. The van der Waals surface area contributed by atoms with Gasteiger partial charge in [-0.3, -0.25) is 0 Å². The summed E-state index contributed by atoms with van der Waals surface area (Å²) in [6.45, 7) is 9.53. The zero-order valence-corrected chi connectivity index (χ0v) is 39.1. The van der Waals surface area contributed by atoms with Crippen LogP contribution in [-0.4, -0.2) is 54.8 Å². The van der Waals surface area contributed by atoms with Crippen LogP contribution in [0.15, 0.2) is 180 Å². The van der Waals surface area contributed by atoms with Crippen molar-refractivity contribution >= 4 is 62.4 Å². The predicted molar refractivity (Wildman–Crippen MR) is 249 cm³/mol. The van der Waals surface area contributed by atoms with Crippen molar-refractivity contribution in [1.29, 1.82) is 0 Å². The van der Waals surface area contributed by atoms with E-state index in [1.165, 1.54) is 32.0 Å². The summed E-state index contributed by atoms with van der Waals surface area (Å²) in [7, 11) is 0. The van der Waals surface area contributed by atoms with E-state index >= 15 is 0 Å². The Morgan fingerprint density at radius 1 is 0.382 bits per heavy atom. The van der Waals surface area contributed by atoms with Gasteiger partial charge < -0.3 is 0 Å². The summed E-state index contributed by atoms with van der Waals surface area (Å²) in [5.41, 5.74) is 5.65. The molecule has 1 nitrogen and oxygen atoms in total. The minimum atomic E-state index is -1.54. The first-order chi connectivity index (χ1) is 26.6. The van der Waals surface area contributed by atoms with E-state index in [1.54, 1.807) is 0 Å². The van der Waals surface area contributed by atoms with Gasteiger partial charge in [-0.05, 0) is 0 Å². The Kier molecular flexibility index (Phi) is 15.7. The maximum atomic E-state index is 6.42. The van der Waals surface area contributed by atoms with Crippen LogP contribution >= 0.6 is 32.2 Å². The van der Waals surface area contributed by atoms with Crippen LogP contribution in [0.2, 0.25) is 0 Å². The Bertz CT molecular complexity index is 1890. The van der Waals surface area contributed by atoms with E-state index in [-0.39, 0.29) is 0 Å². The van der Waals surface area contributed by atoms with Gasteiger partial charge in [-0.2, -0.15) is 0 Å². The molecule has 7 heteroatoms. The van der Waals surface area contributed by atoms with Crippen molar-refractivity contribution < 1.29 is 4.74 Å². The van der Waals surface area contributed by atoms with Gasteiger partial charge in [-0.15, -0.1) is 0 Å². The Hall–Kier alpha value is -2.28. The number of benzene rings is 6. The van der Waals surface area contributed by atoms with Crippen LogP contribution in [0.4, 0.5) is 0 Å². The van der Waals surface area contributed by atoms with Gasteiger partial charge >= 0.3 is 357 Å². The molecule has 0 N–H and O–H groups in total. The second-order valence-electron chi connectivity index (χ2n) is 14.8. The van der Waals surface area contributed by atoms with Gasteiger partial charge in [-0.1, -0.05) is 0 Å². The molecule has 0 fully saturated rings. The van der Waals surface area contributed by atoms with Gasteiger partial charge in [0, 0.05) is 0 Å². The summed E-state index contributed by atoms with van der Waals surface area (Å²) in [4.78, 5) is 2.58. The van der Waals surface area contributed by atoms with Crippen molar-refractivity contribution in [2.24, 2.45) is 0 Å². The normalized spacial score (nSPS) is 15.9. The van der Waals surface area contributed by atoms with E-state index in [9.17, 15) is 0 Å². The van der Waals surface area contributed by atoms with Gasteiger partial charge in [0.2, 0.25) is 0 Å². The van der Waals surface area contributed by atoms with Gasteiger partial charge in [0.15, 0.2) is 0 Å². The third-order valence-electron chi connectivity index (χ3n) is 10.1. The van der Waals surface area contributed by atoms with E-state index in [4.69, 9.17) is 4.74 Å². The first-order valence-corrected chi connectivity index (χ1v) is 30.8. The molecule has 6 aromatic carbocycles. The topological polar surface area (TPSA) is 9.23 Å². The molecule has 284 valence electrons. The number of rotatable bonds is 18. The van der Waals surface area contributed by atoms with E-state index in [0.717, 1.165) is 36.1 Å². The fourth-order valence-corrected chi connectivity index (χ4v) is 28.7. The van der Waals surface area contributed by atoms with Crippen molar-refractivity contribution in [3.8, 4) is 11.5 Å². The molecule has 0 saturated heterocycles. The number of hydrogen-bond acceptors (Lipinski definition) is 3. The molecule has 0 amide bonds. The molecule has 0 aliphatic carbocycles. The first-order valence-electron chi connectivity index (χ1n) is 19.2. The molecular weight excluding hydrogens is 877 g/mol. The quantitative estimate of drug-likeness (QED) is 0.0628. The summed E-state index contributed by atoms with van der Waals surface area (Å²) >= 11 is 11.7. The van der Waals surface area contributed by atoms with E-state index in [2.05, 4.69) is 251 Å². The zero-order chi connectivity index (χ0) is 38.7. The van der Waals surface area contributed by atoms with Gasteiger partial charge in [0.1, 0.15) is 0 Å².